The average Bonchev–Trinajstić information content (AvgIpc) is 3.35. The molecule has 7 nitrogen and oxygen atoms in total. The van der Waals surface area contributed by atoms with Crippen molar-refractivity contribution >= 4 is 29.0 Å². The smallest absolute Gasteiger partial charge is 0.236 e. The molecule has 0 N–H and O–H groups in total. The summed E-state index contributed by atoms with van der Waals surface area (Å²) in [6, 6.07) is 9.63. The zero-order chi connectivity index (χ0) is 18.8. The Balaban J connectivity index is 1.50. The summed E-state index contributed by atoms with van der Waals surface area (Å²) < 4.78 is 7.01. The highest BCUT2D eigenvalue weighted by atomic mass is 32.2. The second kappa shape index (κ2) is 7.69. The number of fused-ring (bicyclic) bond motifs is 1. The van der Waals surface area contributed by atoms with Gasteiger partial charge in [-0.25, -0.2) is 0 Å². The fourth-order valence-electron chi connectivity index (χ4n) is 3.11. The van der Waals surface area contributed by atoms with Gasteiger partial charge in [0.2, 0.25) is 11.1 Å². The van der Waals surface area contributed by atoms with Crippen LogP contribution in [-0.2, 0) is 17.8 Å². The number of methoxy groups -OCH3 is 1. The standard InChI is InChI=1S/C18H19N5O2S2/c1-12(17(24)22-9-7-16-13(11-22)8-10-26-16)27-18-19-20-21-23(18)14-5-3-4-6-15(14)25-2/h3-6,8,10,12H,7,9,11H2,1-2H3. The maximum atomic E-state index is 12.9. The summed E-state index contributed by atoms with van der Waals surface area (Å²) >= 11 is 3.13. The van der Waals surface area contributed by atoms with Gasteiger partial charge in [0.15, 0.2) is 0 Å². The molecule has 140 valence electrons. The molecule has 0 bridgehead atoms. The molecule has 0 saturated heterocycles. The van der Waals surface area contributed by atoms with Gasteiger partial charge >= 0.3 is 0 Å². The molecule has 3 heterocycles. The Morgan fingerprint density at radius 2 is 2.19 bits per heavy atom. The van der Waals surface area contributed by atoms with Gasteiger partial charge in [0.25, 0.3) is 0 Å². The number of rotatable bonds is 5. The summed E-state index contributed by atoms with van der Waals surface area (Å²) in [7, 11) is 1.61. The number of hydrogen-bond donors (Lipinski definition) is 0. The summed E-state index contributed by atoms with van der Waals surface area (Å²) in [6.07, 6.45) is 0.926. The van der Waals surface area contributed by atoms with Crippen molar-refractivity contribution in [2.75, 3.05) is 13.7 Å². The highest BCUT2D eigenvalue weighted by molar-refractivity contribution is 8.00. The number of amides is 1. The lowest BCUT2D eigenvalue weighted by Gasteiger charge is -2.29. The molecule has 0 spiro atoms. The lowest BCUT2D eigenvalue weighted by atomic mass is 10.1. The van der Waals surface area contributed by atoms with Gasteiger partial charge in [-0.05, 0) is 52.9 Å². The van der Waals surface area contributed by atoms with Crippen molar-refractivity contribution in [1.82, 2.24) is 25.1 Å². The van der Waals surface area contributed by atoms with Gasteiger partial charge in [-0.3, -0.25) is 4.79 Å². The molecule has 4 rings (SSSR count). The van der Waals surface area contributed by atoms with Crippen LogP contribution in [0, 0.1) is 0 Å². The van der Waals surface area contributed by atoms with Crippen LogP contribution in [0.5, 0.6) is 5.75 Å². The van der Waals surface area contributed by atoms with Crippen molar-refractivity contribution < 1.29 is 9.53 Å². The first kappa shape index (κ1) is 18.0. The number of carbonyl (C=O) groups is 1. The van der Waals surface area contributed by atoms with Crippen molar-refractivity contribution in [1.29, 1.82) is 0 Å². The van der Waals surface area contributed by atoms with Crippen LogP contribution in [0.2, 0.25) is 0 Å². The fourth-order valence-corrected chi connectivity index (χ4v) is 4.88. The maximum Gasteiger partial charge on any atom is 0.236 e. The van der Waals surface area contributed by atoms with Crippen molar-refractivity contribution in [2.45, 2.75) is 30.3 Å². The third-order valence-electron chi connectivity index (χ3n) is 4.50. The Morgan fingerprint density at radius 1 is 1.33 bits per heavy atom. The van der Waals surface area contributed by atoms with Crippen LogP contribution in [-0.4, -0.2) is 49.9 Å². The SMILES string of the molecule is COc1ccccc1-n1nnnc1SC(C)C(=O)N1CCc2sccc2C1. The number of thiophene rings is 1. The van der Waals surface area contributed by atoms with E-state index in [0.29, 0.717) is 17.5 Å². The molecule has 0 fully saturated rings. The van der Waals surface area contributed by atoms with Crippen LogP contribution in [0.15, 0.2) is 40.9 Å². The first-order chi connectivity index (χ1) is 13.2. The number of benzene rings is 1. The van der Waals surface area contributed by atoms with Crippen LogP contribution in [0.4, 0.5) is 0 Å². The van der Waals surface area contributed by atoms with E-state index in [0.717, 1.165) is 18.7 Å². The van der Waals surface area contributed by atoms with Gasteiger partial charge in [0.1, 0.15) is 11.4 Å². The van der Waals surface area contributed by atoms with Gasteiger partial charge in [0.05, 0.1) is 12.4 Å². The number of ether oxygens (including phenoxy) is 1. The molecule has 0 saturated carbocycles. The van der Waals surface area contributed by atoms with Crippen molar-refractivity contribution in [2.24, 2.45) is 0 Å². The summed E-state index contributed by atoms with van der Waals surface area (Å²) in [5.74, 6) is 0.776. The van der Waals surface area contributed by atoms with Crippen LogP contribution in [0.3, 0.4) is 0 Å². The quantitative estimate of drug-likeness (QED) is 0.612. The topological polar surface area (TPSA) is 73.1 Å². The van der Waals surface area contributed by atoms with E-state index in [1.54, 1.807) is 23.1 Å². The fraction of sp³-hybridized carbons (Fsp3) is 0.333. The Labute approximate surface area is 165 Å². The molecule has 1 aliphatic heterocycles. The molecule has 2 aromatic heterocycles. The van der Waals surface area contributed by atoms with Crippen molar-refractivity contribution in [3.8, 4) is 11.4 Å². The van der Waals surface area contributed by atoms with E-state index in [4.69, 9.17) is 4.74 Å². The first-order valence-corrected chi connectivity index (χ1v) is 10.4. The third-order valence-corrected chi connectivity index (χ3v) is 6.55. The lowest BCUT2D eigenvalue weighted by molar-refractivity contribution is -0.131. The highest BCUT2D eigenvalue weighted by Crippen LogP contribution is 2.30. The summed E-state index contributed by atoms with van der Waals surface area (Å²) in [4.78, 5) is 16.2. The molecule has 1 aliphatic rings. The monoisotopic (exact) mass is 401 g/mol. The van der Waals surface area contributed by atoms with Crippen LogP contribution in [0.1, 0.15) is 17.4 Å². The van der Waals surface area contributed by atoms with E-state index in [-0.39, 0.29) is 11.2 Å². The molecule has 9 heteroatoms. The number of aromatic nitrogens is 4. The van der Waals surface area contributed by atoms with E-state index in [1.165, 1.54) is 22.2 Å². The predicted molar refractivity (Wildman–Crippen MR) is 104 cm³/mol. The predicted octanol–water partition coefficient (Wildman–Crippen LogP) is 2.80. The maximum absolute atomic E-state index is 12.9. The zero-order valence-electron chi connectivity index (χ0n) is 15.0. The van der Waals surface area contributed by atoms with Crippen LogP contribution >= 0.6 is 23.1 Å². The number of thioether (sulfide) groups is 1. The normalized spacial score (nSPS) is 14.7. The van der Waals surface area contributed by atoms with Gasteiger partial charge < -0.3 is 9.64 Å². The zero-order valence-corrected chi connectivity index (χ0v) is 16.7. The number of hydrogen-bond acceptors (Lipinski definition) is 7. The van der Waals surface area contributed by atoms with Crippen LogP contribution in [0.25, 0.3) is 5.69 Å². The Morgan fingerprint density at radius 3 is 3.04 bits per heavy atom. The molecular weight excluding hydrogens is 382 g/mol. The van der Waals surface area contributed by atoms with Gasteiger partial charge in [-0.15, -0.1) is 16.4 Å². The van der Waals surface area contributed by atoms with Crippen molar-refractivity contribution in [3.63, 3.8) is 0 Å². The number of tetrazole rings is 1. The molecule has 1 amide bonds. The minimum atomic E-state index is -0.287. The first-order valence-electron chi connectivity index (χ1n) is 8.60. The third kappa shape index (κ3) is 3.57. The number of nitrogens with zero attached hydrogens (tertiary/aromatic N) is 5. The lowest BCUT2D eigenvalue weighted by Crippen LogP contribution is -2.39. The van der Waals surface area contributed by atoms with E-state index < -0.39 is 0 Å². The molecule has 3 aromatic rings. The largest absolute Gasteiger partial charge is 0.494 e. The summed E-state index contributed by atoms with van der Waals surface area (Å²) in [6.45, 7) is 3.34. The molecular formula is C18H19N5O2S2. The van der Waals surface area contributed by atoms with Gasteiger partial charge in [-0.1, -0.05) is 23.9 Å². The van der Waals surface area contributed by atoms with E-state index >= 15 is 0 Å². The van der Waals surface area contributed by atoms with Crippen molar-refractivity contribution in [3.05, 3.63) is 46.2 Å². The number of carbonyl (C=O) groups excluding carboxylic acids is 1. The van der Waals surface area contributed by atoms with E-state index in [1.807, 2.05) is 36.1 Å². The molecule has 1 atom stereocenters. The minimum absolute atomic E-state index is 0.103. The van der Waals surface area contributed by atoms with Gasteiger partial charge in [0, 0.05) is 18.0 Å². The Kier molecular flexibility index (Phi) is 5.13. The molecule has 0 radical (unpaired) electrons. The molecule has 27 heavy (non-hydrogen) atoms. The molecule has 1 aromatic carbocycles. The molecule has 0 aliphatic carbocycles. The number of para-hydroxylation sites is 2. The Bertz CT molecular complexity index is 955. The molecule has 1 unspecified atom stereocenters. The average molecular weight is 402 g/mol. The second-order valence-corrected chi connectivity index (χ2v) is 8.49. The second-order valence-electron chi connectivity index (χ2n) is 6.18. The minimum Gasteiger partial charge on any atom is -0.494 e. The summed E-state index contributed by atoms with van der Waals surface area (Å²) in [5, 5.41) is 14.3. The van der Waals surface area contributed by atoms with Crippen LogP contribution < -0.4 is 4.74 Å². The Hall–Kier alpha value is -2.39. The van der Waals surface area contributed by atoms with E-state index in [9.17, 15) is 4.79 Å². The summed E-state index contributed by atoms with van der Waals surface area (Å²) in [5.41, 5.74) is 2.00. The van der Waals surface area contributed by atoms with E-state index in [2.05, 4.69) is 27.0 Å². The highest BCUT2D eigenvalue weighted by Gasteiger charge is 2.27. The van der Waals surface area contributed by atoms with Gasteiger partial charge in [-0.2, -0.15) is 4.68 Å².